The van der Waals surface area contributed by atoms with Gasteiger partial charge in [0.05, 0.1) is 6.04 Å². The van der Waals surface area contributed by atoms with E-state index in [1.54, 1.807) is 12.1 Å². The molecule has 7 heteroatoms. The monoisotopic (exact) mass is 388 g/mol. The van der Waals surface area contributed by atoms with Crippen LogP contribution in [0.1, 0.15) is 37.7 Å². The lowest BCUT2D eigenvalue weighted by Gasteiger charge is -2.37. The van der Waals surface area contributed by atoms with Gasteiger partial charge in [0, 0.05) is 51.2 Å². The second kappa shape index (κ2) is 8.57. The molecule has 0 spiro atoms. The van der Waals surface area contributed by atoms with E-state index < -0.39 is 0 Å². The molecule has 0 saturated carbocycles. The summed E-state index contributed by atoms with van der Waals surface area (Å²) >= 11 is 0. The number of nitrogens with zero attached hydrogens (tertiary/aromatic N) is 2. The summed E-state index contributed by atoms with van der Waals surface area (Å²) in [5.41, 5.74) is 1.03. The number of fused-ring (bicyclic) bond motifs is 1. The molecule has 0 aliphatic carbocycles. The third kappa shape index (κ3) is 4.36. The van der Waals surface area contributed by atoms with Gasteiger partial charge in [0.1, 0.15) is 5.82 Å². The van der Waals surface area contributed by atoms with Gasteiger partial charge in [-0.05, 0) is 43.4 Å². The molecule has 1 aromatic carbocycles. The molecule has 2 amide bonds. The topological polar surface area (TPSA) is 64.7 Å². The lowest BCUT2D eigenvalue weighted by Crippen LogP contribution is -2.58. The average Bonchev–Trinajstić information content (AvgIpc) is 3.37. The Hall–Kier alpha value is -1.99. The molecule has 4 rings (SSSR count). The minimum atomic E-state index is -0.232. The highest BCUT2D eigenvalue weighted by Gasteiger charge is 2.43. The summed E-state index contributed by atoms with van der Waals surface area (Å²) in [7, 11) is 0. The molecule has 3 aliphatic rings. The highest BCUT2D eigenvalue weighted by Crippen LogP contribution is 2.26. The summed E-state index contributed by atoms with van der Waals surface area (Å²) in [4.78, 5) is 28.9. The summed E-state index contributed by atoms with van der Waals surface area (Å²) in [6.45, 7) is 3.87. The quantitative estimate of drug-likeness (QED) is 0.770. The number of piperazine rings is 1. The normalized spacial score (nSPS) is 27.7. The molecule has 3 heterocycles. The smallest absolute Gasteiger partial charge is 0.237 e. The highest BCUT2D eigenvalue weighted by atomic mass is 19.1. The first-order valence-electron chi connectivity index (χ1n) is 10.4. The Balaban J connectivity index is 1.30. The predicted octanol–water partition coefficient (Wildman–Crippen LogP) is 1.26. The van der Waals surface area contributed by atoms with Gasteiger partial charge in [-0.3, -0.25) is 14.5 Å². The maximum atomic E-state index is 13.0. The Morgan fingerprint density at radius 2 is 1.96 bits per heavy atom. The molecule has 6 nitrogen and oxygen atoms in total. The third-order valence-electron chi connectivity index (χ3n) is 6.28. The molecular formula is C21H29FN4O2. The standard InChI is InChI=1S/C21H29FN4O2/c22-16-5-3-15(4-6-16)12-23-17-11-19-21(28)24-13-18(26(19)14-17)7-8-20(27)25-9-1-2-10-25/h3-6,17-19,23H,1-2,7-14H2,(H,24,28)/t17-,18+,19-/m0/s1. The maximum absolute atomic E-state index is 13.0. The molecule has 0 bridgehead atoms. The molecule has 28 heavy (non-hydrogen) atoms. The number of benzene rings is 1. The lowest BCUT2D eigenvalue weighted by atomic mass is 10.0. The van der Waals surface area contributed by atoms with Crippen molar-refractivity contribution in [2.24, 2.45) is 0 Å². The number of likely N-dealkylation sites (tertiary alicyclic amines) is 1. The van der Waals surface area contributed by atoms with Crippen LogP contribution in [0.4, 0.5) is 4.39 Å². The van der Waals surface area contributed by atoms with E-state index in [0.717, 1.165) is 50.9 Å². The van der Waals surface area contributed by atoms with Gasteiger partial charge in [-0.1, -0.05) is 12.1 Å². The molecule has 3 atom stereocenters. The zero-order valence-corrected chi connectivity index (χ0v) is 16.2. The van der Waals surface area contributed by atoms with E-state index in [1.165, 1.54) is 12.1 Å². The summed E-state index contributed by atoms with van der Waals surface area (Å²) in [5, 5.41) is 6.53. The number of amides is 2. The van der Waals surface area contributed by atoms with Crippen molar-refractivity contribution < 1.29 is 14.0 Å². The van der Waals surface area contributed by atoms with Crippen LogP contribution in [0.15, 0.2) is 24.3 Å². The van der Waals surface area contributed by atoms with Gasteiger partial charge < -0.3 is 15.5 Å². The minimum absolute atomic E-state index is 0.0909. The lowest BCUT2D eigenvalue weighted by molar-refractivity contribution is -0.131. The van der Waals surface area contributed by atoms with Gasteiger partial charge in [-0.15, -0.1) is 0 Å². The van der Waals surface area contributed by atoms with E-state index in [2.05, 4.69) is 15.5 Å². The Kier molecular flexibility index (Phi) is 5.92. The van der Waals surface area contributed by atoms with E-state index in [-0.39, 0.29) is 35.8 Å². The van der Waals surface area contributed by atoms with Crippen molar-refractivity contribution in [3.8, 4) is 0 Å². The fraction of sp³-hybridized carbons (Fsp3) is 0.619. The summed E-state index contributed by atoms with van der Waals surface area (Å²) in [6.07, 6.45) is 4.33. The van der Waals surface area contributed by atoms with Crippen molar-refractivity contribution in [3.63, 3.8) is 0 Å². The van der Waals surface area contributed by atoms with Crippen LogP contribution in [0.3, 0.4) is 0 Å². The number of rotatable bonds is 6. The van der Waals surface area contributed by atoms with Crippen LogP contribution >= 0.6 is 0 Å². The Bertz CT molecular complexity index is 705. The molecule has 0 unspecified atom stereocenters. The second-order valence-electron chi connectivity index (χ2n) is 8.18. The van der Waals surface area contributed by atoms with Crippen LogP contribution < -0.4 is 10.6 Å². The number of nitrogens with one attached hydrogen (secondary N) is 2. The second-order valence-corrected chi connectivity index (χ2v) is 8.18. The minimum Gasteiger partial charge on any atom is -0.353 e. The van der Waals surface area contributed by atoms with E-state index in [9.17, 15) is 14.0 Å². The van der Waals surface area contributed by atoms with Crippen LogP contribution in [-0.4, -0.2) is 65.9 Å². The maximum Gasteiger partial charge on any atom is 0.237 e. The van der Waals surface area contributed by atoms with Crippen LogP contribution in [0.2, 0.25) is 0 Å². The van der Waals surface area contributed by atoms with Gasteiger partial charge >= 0.3 is 0 Å². The molecule has 2 N–H and O–H groups in total. The van der Waals surface area contributed by atoms with Crippen molar-refractivity contribution in [1.29, 1.82) is 0 Å². The number of halogens is 1. The fourth-order valence-corrected chi connectivity index (χ4v) is 4.67. The SMILES string of the molecule is O=C1NC[C@@H](CCC(=O)N2CCCC2)N2C[C@@H](NCc3ccc(F)cc3)C[C@@H]12. The molecule has 152 valence electrons. The van der Waals surface area contributed by atoms with Crippen LogP contribution in [0.25, 0.3) is 0 Å². The summed E-state index contributed by atoms with van der Waals surface area (Å²) < 4.78 is 13.0. The molecular weight excluding hydrogens is 359 g/mol. The summed E-state index contributed by atoms with van der Waals surface area (Å²) in [5.74, 6) is 0.106. The highest BCUT2D eigenvalue weighted by molar-refractivity contribution is 5.83. The molecule has 3 fully saturated rings. The first-order chi connectivity index (χ1) is 13.6. The van der Waals surface area contributed by atoms with Gasteiger partial charge in [0.25, 0.3) is 0 Å². The Labute approximate surface area is 165 Å². The summed E-state index contributed by atoms with van der Waals surface area (Å²) in [6, 6.07) is 6.81. The average molecular weight is 388 g/mol. The van der Waals surface area contributed by atoms with Crippen LogP contribution in [0.5, 0.6) is 0 Å². The van der Waals surface area contributed by atoms with Gasteiger partial charge in [0.15, 0.2) is 0 Å². The van der Waals surface area contributed by atoms with Crippen molar-refractivity contribution in [2.75, 3.05) is 26.2 Å². The molecule has 3 saturated heterocycles. The largest absolute Gasteiger partial charge is 0.353 e. The fourth-order valence-electron chi connectivity index (χ4n) is 4.67. The van der Waals surface area contributed by atoms with E-state index in [0.29, 0.717) is 19.5 Å². The van der Waals surface area contributed by atoms with Crippen molar-refractivity contribution in [3.05, 3.63) is 35.6 Å². The zero-order valence-electron chi connectivity index (χ0n) is 16.2. The number of hydrogen-bond acceptors (Lipinski definition) is 4. The molecule has 0 aromatic heterocycles. The van der Waals surface area contributed by atoms with E-state index >= 15 is 0 Å². The first kappa shape index (κ1) is 19.3. The molecule has 3 aliphatic heterocycles. The molecule has 1 aromatic rings. The van der Waals surface area contributed by atoms with E-state index in [1.807, 2.05) is 4.90 Å². The van der Waals surface area contributed by atoms with Gasteiger partial charge in [-0.25, -0.2) is 4.39 Å². The molecule has 0 radical (unpaired) electrons. The number of carbonyl (C=O) groups excluding carboxylic acids is 2. The van der Waals surface area contributed by atoms with Crippen LogP contribution in [-0.2, 0) is 16.1 Å². The third-order valence-corrected chi connectivity index (χ3v) is 6.28. The Morgan fingerprint density at radius 1 is 1.21 bits per heavy atom. The van der Waals surface area contributed by atoms with Gasteiger partial charge in [0.2, 0.25) is 11.8 Å². The first-order valence-corrected chi connectivity index (χ1v) is 10.4. The zero-order chi connectivity index (χ0) is 19.5. The van der Waals surface area contributed by atoms with E-state index in [4.69, 9.17) is 0 Å². The van der Waals surface area contributed by atoms with Crippen LogP contribution in [0, 0.1) is 5.82 Å². The number of hydrogen-bond donors (Lipinski definition) is 2. The van der Waals surface area contributed by atoms with Crippen molar-refractivity contribution in [2.45, 2.75) is 56.8 Å². The van der Waals surface area contributed by atoms with Crippen molar-refractivity contribution >= 4 is 11.8 Å². The van der Waals surface area contributed by atoms with Gasteiger partial charge in [-0.2, -0.15) is 0 Å². The predicted molar refractivity (Wildman–Crippen MR) is 104 cm³/mol. The van der Waals surface area contributed by atoms with Crippen molar-refractivity contribution in [1.82, 2.24) is 20.4 Å². The number of carbonyl (C=O) groups is 2. The Morgan fingerprint density at radius 3 is 2.71 bits per heavy atom.